The van der Waals surface area contributed by atoms with Crippen LogP contribution in [0.15, 0.2) is 78.9 Å². The van der Waals surface area contributed by atoms with Gasteiger partial charge in [-0.25, -0.2) is 4.79 Å². The average Bonchev–Trinajstić information content (AvgIpc) is 0.770. The van der Waals surface area contributed by atoms with Crippen LogP contribution in [0.5, 0.6) is 46.0 Å². The quantitative estimate of drug-likeness (QED) is 0.0761. The molecule has 12 rings (SSSR count). The molecule has 0 saturated carbocycles. The van der Waals surface area contributed by atoms with Gasteiger partial charge in [0, 0.05) is 34.7 Å². The highest BCUT2D eigenvalue weighted by Crippen LogP contribution is 2.50. The first-order chi connectivity index (χ1) is 48.0. The fourth-order valence-corrected chi connectivity index (χ4v) is 13.1. The van der Waals surface area contributed by atoms with Crippen molar-refractivity contribution in [3.05, 3.63) is 117 Å². The Morgan fingerprint density at radius 1 is 0.716 bits per heavy atom. The van der Waals surface area contributed by atoms with E-state index < -0.39 is 237 Å². The molecule has 18 atom stereocenters. The van der Waals surface area contributed by atoms with E-state index in [9.17, 15) is 75.0 Å². The Morgan fingerprint density at radius 2 is 1.31 bits per heavy atom. The smallest absolute Gasteiger partial charge is 0.330 e. The van der Waals surface area contributed by atoms with Crippen LogP contribution < -0.4 is 57.6 Å². The molecule has 0 aromatic heterocycles. The van der Waals surface area contributed by atoms with Gasteiger partial charge in [0.15, 0.2) is 29.9 Å². The van der Waals surface area contributed by atoms with Gasteiger partial charge in [-0.1, -0.05) is 55.2 Å². The fourth-order valence-electron chi connectivity index (χ4n) is 12.7. The molecule has 33 nitrogen and oxygen atoms in total. The van der Waals surface area contributed by atoms with Gasteiger partial charge in [-0.05, 0) is 117 Å². The molecule has 0 spiro atoms. The van der Waals surface area contributed by atoms with E-state index >= 15 is 14.4 Å². The van der Waals surface area contributed by atoms with Crippen molar-refractivity contribution in [2.24, 2.45) is 17.4 Å². The van der Waals surface area contributed by atoms with Crippen molar-refractivity contribution in [3.8, 4) is 57.1 Å². The monoisotopic (exact) mass is 1460 g/mol. The van der Waals surface area contributed by atoms with E-state index in [1.807, 2.05) is 13.8 Å². The van der Waals surface area contributed by atoms with Crippen molar-refractivity contribution in [2.45, 2.75) is 156 Å². The molecule has 2 unspecified atom stereocenters. The van der Waals surface area contributed by atoms with Crippen LogP contribution in [0, 0.1) is 5.92 Å². The molecule has 7 aliphatic rings. The number of phenolic OH excluding ortho intramolecular Hbond substituents is 3. The van der Waals surface area contributed by atoms with Crippen molar-refractivity contribution < 1.29 is 118 Å². The molecule has 5 aromatic carbocycles. The van der Waals surface area contributed by atoms with E-state index in [1.165, 1.54) is 26.0 Å². The Morgan fingerprint density at radius 3 is 1.89 bits per heavy atom. The number of nitrogens with zero attached hydrogens (tertiary/aromatic N) is 1. The number of hydrogen-bond acceptors (Lipinski definition) is 25. The summed E-state index contributed by atoms with van der Waals surface area (Å²) in [6.45, 7) is 5.70. The highest BCUT2D eigenvalue weighted by Gasteiger charge is 2.52. The normalized spacial score (nSPS) is 29.3. The number of primary amides is 1. The number of aliphatic hydroxyl groups is 6. The van der Waals surface area contributed by atoms with E-state index in [1.54, 1.807) is 19.0 Å². The highest BCUT2D eigenvalue weighted by molar-refractivity contribution is 6.32. The molecule has 7 heterocycles. The summed E-state index contributed by atoms with van der Waals surface area (Å²) in [4.78, 5) is 119. The fraction of sp³-hybridized carbons (Fsp3) is 0.433. The van der Waals surface area contributed by atoms with Crippen LogP contribution in [0.2, 0.25) is 10.0 Å². The number of carboxylic acid groups (broad SMARTS) is 1. The third-order valence-electron chi connectivity index (χ3n) is 18.0. The van der Waals surface area contributed by atoms with Crippen molar-refractivity contribution in [1.29, 1.82) is 0 Å². The number of halogens is 2. The Bertz CT molecular complexity index is 4110. The lowest BCUT2D eigenvalue weighted by Crippen LogP contribution is -2.64. The van der Waals surface area contributed by atoms with Gasteiger partial charge in [0.1, 0.15) is 89.5 Å². The zero-order valence-electron chi connectivity index (χ0n) is 55.3. The number of carbonyl (C=O) groups is 8. The largest absolute Gasteiger partial charge is 0.508 e. The van der Waals surface area contributed by atoms with E-state index in [4.69, 9.17) is 63.1 Å². The summed E-state index contributed by atoms with van der Waals surface area (Å²) in [5.74, 6) is -15.9. The van der Waals surface area contributed by atoms with Crippen LogP contribution >= 0.6 is 23.2 Å². The molecule has 11 bridgehead atoms. The summed E-state index contributed by atoms with van der Waals surface area (Å²) in [6.07, 6.45) is -18.5. The highest BCUT2D eigenvalue weighted by atomic mass is 35.5. The zero-order chi connectivity index (χ0) is 74.4. The second kappa shape index (κ2) is 30.4. The lowest BCUT2D eigenvalue weighted by Gasteiger charge is -2.47. The average molecular weight is 1460 g/mol. The number of benzene rings is 5. The number of rotatable bonds is 13. The Balaban J connectivity index is 1.24. The molecule has 0 aliphatic carbocycles. The molecule has 20 N–H and O–H groups in total. The number of hydrogen-bond donors (Lipinski definition) is 18. The number of nitrogens with one attached hydrogen (secondary N) is 6. The minimum absolute atomic E-state index is 0.0929. The summed E-state index contributed by atoms with van der Waals surface area (Å²) >= 11 is 14.1. The van der Waals surface area contributed by atoms with Gasteiger partial charge < -0.3 is 123 Å². The molecule has 7 aliphatic heterocycles. The van der Waals surface area contributed by atoms with Crippen LogP contribution in [-0.4, -0.2) is 203 Å². The lowest BCUT2D eigenvalue weighted by atomic mass is 9.86. The van der Waals surface area contributed by atoms with Crippen LogP contribution in [0.4, 0.5) is 0 Å². The van der Waals surface area contributed by atoms with Crippen LogP contribution in [-0.2, 0) is 52.6 Å². The number of ether oxygens (including phenoxy) is 6. The predicted octanol–water partition coefficient (Wildman–Crippen LogP) is 0.448. The van der Waals surface area contributed by atoms with Gasteiger partial charge in [0.25, 0.3) is 0 Å². The molecule has 0 radical (unpaired) electrons. The molecule has 2 fully saturated rings. The first kappa shape index (κ1) is 75.5. The molecular formula is C67H77Cl2N9O24. The third kappa shape index (κ3) is 15.9. The summed E-state index contributed by atoms with van der Waals surface area (Å²) in [5, 5.41) is 128. The maximum atomic E-state index is 16.0. The Kier molecular flexibility index (Phi) is 22.5. The minimum atomic E-state index is -2.35. The van der Waals surface area contributed by atoms with Gasteiger partial charge in [-0.15, -0.1) is 0 Å². The first-order valence-electron chi connectivity index (χ1n) is 32.0. The Labute approximate surface area is 590 Å². The number of aromatic hydroxyl groups is 3. The van der Waals surface area contributed by atoms with Crippen molar-refractivity contribution in [1.82, 2.24) is 36.8 Å². The number of carbonyl (C=O) groups excluding carboxylic acids is 7. The van der Waals surface area contributed by atoms with Crippen molar-refractivity contribution in [2.75, 3.05) is 20.7 Å². The van der Waals surface area contributed by atoms with E-state index in [0.29, 0.717) is 0 Å². The van der Waals surface area contributed by atoms with Gasteiger partial charge in [0.2, 0.25) is 53.4 Å². The van der Waals surface area contributed by atoms with Crippen LogP contribution in [0.3, 0.4) is 0 Å². The number of phenols is 3. The molecule has 5 aromatic rings. The molecular weight excluding hydrogens is 1390 g/mol. The predicted molar refractivity (Wildman–Crippen MR) is 354 cm³/mol. The maximum Gasteiger partial charge on any atom is 0.330 e. The summed E-state index contributed by atoms with van der Waals surface area (Å²) in [7, 11) is 3.19. The minimum Gasteiger partial charge on any atom is -0.508 e. The number of amides is 7. The van der Waals surface area contributed by atoms with Gasteiger partial charge in [-0.3, -0.25) is 38.5 Å². The van der Waals surface area contributed by atoms with Crippen LogP contribution in [0.1, 0.15) is 105 Å². The number of aliphatic hydroxyl groups excluding tert-OH is 6. The second-order valence-electron chi connectivity index (χ2n) is 26.4. The molecule has 7 amide bonds. The van der Waals surface area contributed by atoms with E-state index in [0.717, 1.165) is 66.7 Å². The van der Waals surface area contributed by atoms with Gasteiger partial charge in [0.05, 0.1) is 41.3 Å². The SMILES string of the molecule is CC(C)C[C@H](C(=O)N[C@H]1C(=O)NC(CC(N)=O)C(=O)N[C@H]2C(=O)N[C@H]3C(=O)N[C@H](C(=O)NC(C(=O)O)c4cc(O)cc(O)c4-c4cc3ccc4O)[C@H](O)c3ccc(c(Cl)c3)Oc3cc2cc(c3O[C@@H]2O[C@H](CO)[C@@H](O)[C@H](O)[C@H]2O[C@H]2C[C@](C)(N)[C@H](O)[C@H](C)O2)Oc2ccc(cc2Cl)[C@H]1O)N(C)C. The lowest BCUT2D eigenvalue weighted by molar-refractivity contribution is -0.333. The molecule has 2 saturated heterocycles. The molecule has 102 heavy (non-hydrogen) atoms. The van der Waals surface area contributed by atoms with E-state index in [2.05, 4.69) is 31.9 Å². The molecule has 548 valence electrons. The summed E-state index contributed by atoms with van der Waals surface area (Å²) in [5.41, 5.74) is 8.04. The van der Waals surface area contributed by atoms with Crippen molar-refractivity contribution >= 4 is 70.5 Å². The standard InChI is InChI=1S/C67H77Cl2N9O24/c1-24(2)13-36(78(5)6)60(90)76-50-52(84)27-8-11-39(33(68)15-27)98-41-17-29-18-42(56(41)102-66-57(55(87)54(86)43(23-79)100-66)101-45-22-67(4,71)58(88)25(3)97-45)99-40-12-9-28(16-34(40)69)53(85)51-64(94)75-49(65(95)96)32-19-30(80)20-38(82)46(32)31-14-26(7-10-37(31)81)47(61(91)77-51)74-62(92)48(29)73-59(89)35(21-44(70)83)72-63(50)93/h7-12,14-20,24-25,35-36,43,45,47-55,57-58,66,79-82,84-88H,13,21-23,71H2,1-6H3,(H2,70,83)(H,72,93)(H,73,89)(H,74,92)(H,75,94)(H,76,90)(H,77,91)(H,95,96)/t25-,35?,36+,43+,45-,47+,48+,49?,50+,51-,52+,53+,54+,55-,57+,58+,66-,67-/m0/s1. The molecule has 35 heteroatoms. The summed E-state index contributed by atoms with van der Waals surface area (Å²) < 4.78 is 38.3. The number of aliphatic carboxylic acids is 1. The number of likely N-dealkylation sites (N-methyl/N-ethyl adjacent to an activating group) is 1. The van der Waals surface area contributed by atoms with Crippen molar-refractivity contribution in [3.63, 3.8) is 0 Å². The third-order valence-corrected chi connectivity index (χ3v) is 18.6. The van der Waals surface area contributed by atoms with Crippen LogP contribution in [0.25, 0.3) is 11.1 Å². The number of fused-ring (bicyclic) bond motifs is 15. The topological polar surface area (TPSA) is 522 Å². The maximum absolute atomic E-state index is 16.0. The first-order valence-corrected chi connectivity index (χ1v) is 32.7. The van der Waals surface area contributed by atoms with Gasteiger partial charge >= 0.3 is 5.97 Å². The van der Waals surface area contributed by atoms with E-state index in [-0.39, 0.29) is 46.2 Å². The summed E-state index contributed by atoms with van der Waals surface area (Å²) in [6, 6.07) is -0.588. The number of carboxylic acids is 1. The Hall–Kier alpha value is -9.20. The number of nitrogens with two attached hydrogens (primary N) is 2. The second-order valence-corrected chi connectivity index (χ2v) is 27.2. The van der Waals surface area contributed by atoms with Gasteiger partial charge in [-0.2, -0.15) is 0 Å². The zero-order valence-corrected chi connectivity index (χ0v) is 56.8.